The van der Waals surface area contributed by atoms with Crippen LogP contribution in [-0.4, -0.2) is 16.2 Å². The van der Waals surface area contributed by atoms with Crippen LogP contribution in [0.1, 0.15) is 11.1 Å². The number of hydrogen-bond acceptors (Lipinski definition) is 4. The highest BCUT2D eigenvalue weighted by molar-refractivity contribution is 6.36. The molecule has 0 aliphatic heterocycles. The van der Waals surface area contributed by atoms with Crippen molar-refractivity contribution in [1.82, 2.24) is 0 Å². The second-order valence-electron chi connectivity index (χ2n) is 4.31. The van der Waals surface area contributed by atoms with Gasteiger partial charge in [-0.15, -0.1) is 0 Å². The number of aliphatic imine (C=N–C) groups is 1. The normalized spacial score (nSPS) is 11.0. The summed E-state index contributed by atoms with van der Waals surface area (Å²) in [7, 11) is 0. The first kappa shape index (κ1) is 15.3. The molecule has 0 amide bonds. The minimum absolute atomic E-state index is 0.0545. The SMILES string of the molecule is Cc1ccc([N+](=O)[O-])cc1N=Cc1cc(Cl)cc(Cl)c1O. The van der Waals surface area contributed by atoms with Gasteiger partial charge in [-0.25, -0.2) is 0 Å². The highest BCUT2D eigenvalue weighted by atomic mass is 35.5. The molecule has 0 aliphatic rings. The Bertz CT molecular complexity index is 745. The molecule has 0 bridgehead atoms. The van der Waals surface area contributed by atoms with Gasteiger partial charge in [0, 0.05) is 28.9 Å². The molecular weight excluding hydrogens is 315 g/mol. The van der Waals surface area contributed by atoms with Crippen LogP contribution in [0.3, 0.4) is 0 Å². The molecule has 0 radical (unpaired) electrons. The van der Waals surface area contributed by atoms with Crippen LogP contribution in [0.5, 0.6) is 5.75 Å². The lowest BCUT2D eigenvalue weighted by Crippen LogP contribution is -1.88. The van der Waals surface area contributed by atoms with Crippen molar-refractivity contribution >= 4 is 40.8 Å². The molecular formula is C14H10Cl2N2O3. The number of aromatic hydroxyl groups is 1. The Labute approximate surface area is 130 Å². The zero-order valence-corrected chi connectivity index (χ0v) is 12.4. The third kappa shape index (κ3) is 3.51. The van der Waals surface area contributed by atoms with Crippen LogP contribution >= 0.6 is 23.2 Å². The van der Waals surface area contributed by atoms with Crippen molar-refractivity contribution in [3.8, 4) is 5.75 Å². The topological polar surface area (TPSA) is 75.7 Å². The average Bonchev–Trinajstić information content (AvgIpc) is 2.42. The van der Waals surface area contributed by atoms with Gasteiger partial charge in [-0.2, -0.15) is 0 Å². The molecule has 21 heavy (non-hydrogen) atoms. The van der Waals surface area contributed by atoms with Gasteiger partial charge in [0.05, 0.1) is 15.6 Å². The van der Waals surface area contributed by atoms with Crippen LogP contribution < -0.4 is 0 Å². The Kier molecular flexibility index (Phi) is 4.45. The maximum atomic E-state index is 10.8. The number of non-ortho nitro benzene ring substituents is 1. The second-order valence-corrected chi connectivity index (χ2v) is 5.16. The second kappa shape index (κ2) is 6.11. The van der Waals surface area contributed by atoms with Gasteiger partial charge in [0.15, 0.2) is 0 Å². The molecule has 0 heterocycles. The number of aryl methyl sites for hydroxylation is 1. The zero-order chi connectivity index (χ0) is 15.6. The molecule has 2 aromatic carbocycles. The average molecular weight is 325 g/mol. The van der Waals surface area contributed by atoms with Gasteiger partial charge in [-0.05, 0) is 24.6 Å². The van der Waals surface area contributed by atoms with E-state index in [9.17, 15) is 15.2 Å². The fraction of sp³-hybridized carbons (Fsp3) is 0.0714. The van der Waals surface area contributed by atoms with E-state index in [1.807, 2.05) is 0 Å². The van der Waals surface area contributed by atoms with Gasteiger partial charge in [-0.1, -0.05) is 29.3 Å². The standard InChI is InChI=1S/C14H10Cl2N2O3/c1-8-2-3-11(18(20)21)6-13(8)17-7-9-4-10(15)5-12(16)14(9)19/h2-7,19H,1H3. The molecule has 0 saturated heterocycles. The molecule has 0 fully saturated rings. The van der Waals surface area contributed by atoms with E-state index in [1.165, 1.54) is 30.5 Å². The third-order valence-electron chi connectivity index (χ3n) is 2.80. The third-order valence-corrected chi connectivity index (χ3v) is 3.31. The van der Waals surface area contributed by atoms with Crippen molar-refractivity contribution in [2.75, 3.05) is 0 Å². The minimum atomic E-state index is -0.494. The predicted octanol–water partition coefficient (Wildman–Crippen LogP) is 4.67. The van der Waals surface area contributed by atoms with Crippen molar-refractivity contribution in [2.45, 2.75) is 6.92 Å². The van der Waals surface area contributed by atoms with Gasteiger partial charge in [0.1, 0.15) is 5.75 Å². The highest BCUT2D eigenvalue weighted by Gasteiger charge is 2.09. The molecule has 2 rings (SSSR count). The maximum Gasteiger partial charge on any atom is 0.271 e. The summed E-state index contributed by atoms with van der Waals surface area (Å²) in [5, 5.41) is 21.1. The minimum Gasteiger partial charge on any atom is -0.506 e. The molecule has 7 heteroatoms. The summed E-state index contributed by atoms with van der Waals surface area (Å²) in [5.74, 6) is -0.145. The van der Waals surface area contributed by atoms with Gasteiger partial charge in [0.25, 0.3) is 5.69 Å². The van der Waals surface area contributed by atoms with Gasteiger partial charge in [-0.3, -0.25) is 15.1 Å². The number of phenols is 1. The number of halogens is 2. The van der Waals surface area contributed by atoms with Gasteiger partial charge >= 0.3 is 0 Å². The number of phenolic OH excluding ortho intramolecular Hbond substituents is 1. The van der Waals surface area contributed by atoms with Crippen molar-refractivity contribution < 1.29 is 10.0 Å². The number of rotatable bonds is 3. The van der Waals surface area contributed by atoms with Crippen LogP contribution in [0.25, 0.3) is 0 Å². The molecule has 0 atom stereocenters. The smallest absolute Gasteiger partial charge is 0.271 e. The first-order chi connectivity index (χ1) is 9.88. The molecule has 5 nitrogen and oxygen atoms in total. The van der Waals surface area contributed by atoms with Crippen molar-refractivity contribution in [3.05, 3.63) is 61.6 Å². The monoisotopic (exact) mass is 324 g/mol. The van der Waals surface area contributed by atoms with Crippen molar-refractivity contribution in [3.63, 3.8) is 0 Å². The molecule has 0 aromatic heterocycles. The Hall–Kier alpha value is -2.11. The fourth-order valence-electron chi connectivity index (χ4n) is 1.67. The van der Waals surface area contributed by atoms with Crippen LogP contribution in [0.15, 0.2) is 35.3 Å². The van der Waals surface area contributed by atoms with Crippen LogP contribution in [0.2, 0.25) is 10.0 Å². The van der Waals surface area contributed by atoms with E-state index < -0.39 is 4.92 Å². The van der Waals surface area contributed by atoms with Gasteiger partial charge in [0.2, 0.25) is 0 Å². The molecule has 1 N–H and O–H groups in total. The first-order valence-electron chi connectivity index (χ1n) is 5.85. The van der Waals surface area contributed by atoms with E-state index in [4.69, 9.17) is 23.2 Å². The van der Waals surface area contributed by atoms with E-state index in [1.54, 1.807) is 13.0 Å². The van der Waals surface area contributed by atoms with E-state index in [0.717, 1.165) is 5.56 Å². The maximum absolute atomic E-state index is 10.8. The molecule has 0 unspecified atom stereocenters. The quantitative estimate of drug-likeness (QED) is 0.506. The summed E-state index contributed by atoms with van der Waals surface area (Å²) < 4.78 is 0. The molecule has 0 spiro atoms. The highest BCUT2D eigenvalue weighted by Crippen LogP contribution is 2.31. The van der Waals surface area contributed by atoms with E-state index in [-0.39, 0.29) is 16.5 Å². The number of nitrogens with zero attached hydrogens (tertiary/aromatic N) is 2. The molecule has 0 aliphatic carbocycles. The Morgan fingerprint density at radius 2 is 2.00 bits per heavy atom. The van der Waals surface area contributed by atoms with E-state index in [2.05, 4.69) is 4.99 Å². The molecule has 2 aromatic rings. The summed E-state index contributed by atoms with van der Waals surface area (Å²) in [6, 6.07) is 7.28. The lowest BCUT2D eigenvalue weighted by molar-refractivity contribution is -0.384. The molecule has 108 valence electrons. The summed E-state index contributed by atoms with van der Waals surface area (Å²) in [5.41, 5.74) is 1.48. The summed E-state index contributed by atoms with van der Waals surface area (Å²) >= 11 is 11.7. The Morgan fingerprint density at radius 1 is 1.29 bits per heavy atom. The van der Waals surface area contributed by atoms with Crippen LogP contribution in [0, 0.1) is 17.0 Å². The fourth-order valence-corrected chi connectivity index (χ4v) is 2.18. The van der Waals surface area contributed by atoms with Crippen LogP contribution in [-0.2, 0) is 0 Å². The van der Waals surface area contributed by atoms with Crippen molar-refractivity contribution in [2.24, 2.45) is 4.99 Å². The van der Waals surface area contributed by atoms with E-state index >= 15 is 0 Å². The lowest BCUT2D eigenvalue weighted by atomic mass is 10.2. The zero-order valence-electron chi connectivity index (χ0n) is 10.9. The summed E-state index contributed by atoms with van der Waals surface area (Å²) in [4.78, 5) is 14.4. The number of nitro groups is 1. The summed E-state index contributed by atoms with van der Waals surface area (Å²) in [6.45, 7) is 1.78. The summed E-state index contributed by atoms with van der Waals surface area (Å²) in [6.07, 6.45) is 1.36. The van der Waals surface area contributed by atoms with Gasteiger partial charge < -0.3 is 5.11 Å². The Balaban J connectivity index is 2.42. The number of hydrogen-bond donors (Lipinski definition) is 1. The number of benzene rings is 2. The van der Waals surface area contributed by atoms with Crippen LogP contribution in [0.4, 0.5) is 11.4 Å². The lowest BCUT2D eigenvalue weighted by Gasteiger charge is -2.03. The Morgan fingerprint density at radius 3 is 2.67 bits per heavy atom. The number of nitro benzene ring substituents is 1. The predicted molar refractivity (Wildman–Crippen MR) is 83.2 cm³/mol. The largest absolute Gasteiger partial charge is 0.506 e. The molecule has 0 saturated carbocycles. The van der Waals surface area contributed by atoms with E-state index in [0.29, 0.717) is 16.3 Å². The first-order valence-corrected chi connectivity index (χ1v) is 6.61. The van der Waals surface area contributed by atoms with Crippen molar-refractivity contribution in [1.29, 1.82) is 0 Å².